The zero-order valence-corrected chi connectivity index (χ0v) is 23.0. The molecule has 4 atom stereocenters. The van der Waals surface area contributed by atoms with Gasteiger partial charge in [0.05, 0.1) is 34.0 Å². The Morgan fingerprint density at radius 3 is 2.46 bits per heavy atom. The number of aliphatic hydroxyl groups is 1. The van der Waals surface area contributed by atoms with E-state index in [4.69, 9.17) is 30.5 Å². The van der Waals surface area contributed by atoms with Crippen molar-refractivity contribution in [1.29, 1.82) is 0 Å². The Morgan fingerprint density at radius 1 is 1.10 bits per heavy atom. The molecular formula is C26H25ClF2N4O7S. The van der Waals surface area contributed by atoms with Crippen LogP contribution in [0.3, 0.4) is 0 Å². The summed E-state index contributed by atoms with van der Waals surface area (Å²) in [5, 5.41) is 9.72. The summed E-state index contributed by atoms with van der Waals surface area (Å²) in [6.07, 6.45) is 0.871. The summed E-state index contributed by atoms with van der Waals surface area (Å²) in [5.74, 6) is -3.04. The molecule has 3 aromatic rings. The lowest BCUT2D eigenvalue weighted by Crippen LogP contribution is -2.34. The topological polar surface area (TPSA) is 145 Å². The van der Waals surface area contributed by atoms with Crippen molar-refractivity contribution < 1.29 is 41.8 Å². The predicted molar refractivity (Wildman–Crippen MR) is 140 cm³/mol. The molecule has 0 spiro atoms. The van der Waals surface area contributed by atoms with Crippen molar-refractivity contribution in [1.82, 2.24) is 15.0 Å². The van der Waals surface area contributed by atoms with Crippen LogP contribution in [0.25, 0.3) is 11.2 Å². The number of aromatic amines is 1. The number of imidazole rings is 1. The third-order valence-electron chi connectivity index (χ3n) is 7.59. The Hall–Kier alpha value is -2.91. The molecule has 4 heterocycles. The lowest BCUT2D eigenvalue weighted by molar-refractivity contribution is 0.00706. The number of rotatable bonds is 8. The molecule has 2 saturated carbocycles. The Kier molecular flexibility index (Phi) is 6.65. The Labute approximate surface area is 237 Å². The minimum Gasteiger partial charge on any atom is -0.471 e. The highest BCUT2D eigenvalue weighted by molar-refractivity contribution is 7.95. The molecule has 2 N–H and O–H groups in total. The average molecular weight is 611 g/mol. The van der Waals surface area contributed by atoms with Crippen molar-refractivity contribution >= 4 is 38.4 Å². The largest absolute Gasteiger partial charge is 0.471 e. The van der Waals surface area contributed by atoms with E-state index in [1.54, 1.807) is 0 Å². The van der Waals surface area contributed by atoms with Gasteiger partial charge in [-0.25, -0.2) is 13.0 Å². The van der Waals surface area contributed by atoms with Gasteiger partial charge in [0.15, 0.2) is 11.8 Å². The van der Waals surface area contributed by atoms with Gasteiger partial charge in [-0.3, -0.25) is 4.79 Å². The van der Waals surface area contributed by atoms with Crippen molar-refractivity contribution in [3.63, 3.8) is 0 Å². The number of carbonyl (C=O) groups excluding carboxylic acids is 1. The number of carbonyl (C=O) groups is 1. The van der Waals surface area contributed by atoms with Gasteiger partial charge in [-0.05, 0) is 43.9 Å². The summed E-state index contributed by atoms with van der Waals surface area (Å²) in [4.78, 5) is 24.1. The quantitative estimate of drug-likeness (QED) is 0.392. The Balaban J connectivity index is 1.06. The number of H-pyrrole nitrogens is 1. The summed E-state index contributed by atoms with van der Waals surface area (Å²) in [5.41, 5.74) is -0.139. The second-order valence-electron chi connectivity index (χ2n) is 10.6. The maximum absolute atomic E-state index is 14.9. The number of benzene rings is 1. The number of aromatic nitrogens is 3. The van der Waals surface area contributed by atoms with E-state index < -0.39 is 63.9 Å². The number of amides is 1. The maximum Gasteiger partial charge on any atom is 0.296 e. The number of fused-ring (bicyclic) bond motifs is 2. The highest BCUT2D eigenvalue weighted by Gasteiger charge is 2.49. The first-order chi connectivity index (χ1) is 19.7. The van der Waals surface area contributed by atoms with Crippen molar-refractivity contribution in [3.05, 3.63) is 46.0 Å². The van der Waals surface area contributed by atoms with E-state index in [1.165, 1.54) is 6.07 Å². The van der Waals surface area contributed by atoms with Crippen LogP contribution in [0.2, 0.25) is 5.02 Å². The molecule has 0 radical (unpaired) electrons. The lowest BCUT2D eigenvalue weighted by Gasteiger charge is -2.15. The number of hydrogen-bond donors (Lipinski definition) is 2. The van der Waals surface area contributed by atoms with E-state index in [-0.39, 0.29) is 51.8 Å². The Bertz CT molecular complexity index is 1630. The standard InChI is InChI=1S/C26H25ClF2N4O7S/c27-15-7-18-23(32-26(30-18)40-20-10-38-21-19(34)9-37-22(20)21)31-25(15)39-8-14-16(28)5-11(6-17(14)29)24(35)33-41(36,12-1-2-12)13-3-4-13/h5-7,12-13,19-22,34H,1-4,8-10H2,(H,30,31,32)/t19-,20-,21-,22-/m1/s1. The smallest absolute Gasteiger partial charge is 0.296 e. The predicted octanol–water partition coefficient (Wildman–Crippen LogP) is 3.31. The van der Waals surface area contributed by atoms with E-state index >= 15 is 0 Å². The van der Waals surface area contributed by atoms with Crippen LogP contribution in [0.5, 0.6) is 11.9 Å². The van der Waals surface area contributed by atoms with Gasteiger partial charge in [-0.1, -0.05) is 11.6 Å². The number of hydrogen-bond acceptors (Lipinski definition) is 9. The summed E-state index contributed by atoms with van der Waals surface area (Å²) in [6, 6.07) is 3.34. The molecule has 41 heavy (non-hydrogen) atoms. The van der Waals surface area contributed by atoms with E-state index in [0.717, 1.165) is 37.8 Å². The number of pyridine rings is 1. The number of aliphatic hydroxyl groups excluding tert-OH is 1. The molecule has 1 aromatic carbocycles. The van der Waals surface area contributed by atoms with Gasteiger partial charge >= 0.3 is 0 Å². The van der Waals surface area contributed by atoms with E-state index in [2.05, 4.69) is 19.3 Å². The van der Waals surface area contributed by atoms with Crippen LogP contribution in [0.4, 0.5) is 8.78 Å². The molecule has 1 amide bonds. The van der Waals surface area contributed by atoms with Crippen LogP contribution in [0.1, 0.15) is 41.6 Å². The van der Waals surface area contributed by atoms with Crippen LogP contribution in [-0.2, 0) is 25.8 Å². The highest BCUT2D eigenvalue weighted by atomic mass is 35.5. The molecule has 4 aliphatic rings. The lowest BCUT2D eigenvalue weighted by atomic mass is 10.1. The summed E-state index contributed by atoms with van der Waals surface area (Å²) in [7, 11) is -2.72. The number of nitrogens with one attached hydrogen (secondary N) is 1. The molecule has 15 heteroatoms. The van der Waals surface area contributed by atoms with Crippen molar-refractivity contribution in [3.8, 4) is 11.9 Å². The van der Waals surface area contributed by atoms with Crippen molar-refractivity contribution in [2.45, 2.75) is 67.2 Å². The van der Waals surface area contributed by atoms with E-state index in [0.29, 0.717) is 5.52 Å². The first kappa shape index (κ1) is 27.0. The van der Waals surface area contributed by atoms with Gasteiger partial charge in [-0.15, -0.1) is 0 Å². The van der Waals surface area contributed by atoms with Gasteiger partial charge in [-0.2, -0.15) is 14.3 Å². The third kappa shape index (κ3) is 5.05. The van der Waals surface area contributed by atoms with Gasteiger partial charge in [0.1, 0.15) is 41.6 Å². The maximum atomic E-state index is 14.9. The normalized spacial score (nSPS) is 25.9. The summed E-state index contributed by atoms with van der Waals surface area (Å²) < 4.78 is 69.5. The van der Waals surface area contributed by atoms with Gasteiger partial charge in [0, 0.05) is 16.1 Å². The van der Waals surface area contributed by atoms with Crippen LogP contribution in [0.15, 0.2) is 22.6 Å². The number of halogens is 3. The van der Waals surface area contributed by atoms with Gasteiger partial charge in [0.25, 0.3) is 11.9 Å². The Morgan fingerprint density at radius 2 is 1.78 bits per heavy atom. The summed E-state index contributed by atoms with van der Waals surface area (Å²) in [6.45, 7) is -0.203. The molecule has 2 aliphatic heterocycles. The van der Waals surface area contributed by atoms with Crippen LogP contribution in [-0.4, -0.2) is 78.3 Å². The van der Waals surface area contributed by atoms with Crippen LogP contribution >= 0.6 is 11.6 Å². The third-order valence-corrected chi connectivity index (χ3v) is 11.2. The van der Waals surface area contributed by atoms with E-state index in [9.17, 15) is 22.9 Å². The number of ether oxygens (including phenoxy) is 4. The SMILES string of the molecule is O=C(N=S(=O)(C1CC1)C1CC1)c1cc(F)c(COc2nc3nc(O[C@@H]4CO[C@H]5[C@@H]4OC[C@H]5O)[nH]c3cc2Cl)c(F)c1. The first-order valence-corrected chi connectivity index (χ1v) is 15.3. The molecule has 2 aliphatic carbocycles. The highest BCUT2D eigenvalue weighted by Crippen LogP contribution is 2.42. The fourth-order valence-corrected chi connectivity index (χ4v) is 8.18. The first-order valence-electron chi connectivity index (χ1n) is 13.2. The molecule has 2 saturated heterocycles. The van der Waals surface area contributed by atoms with Crippen LogP contribution < -0.4 is 9.47 Å². The van der Waals surface area contributed by atoms with Crippen molar-refractivity contribution in [2.24, 2.45) is 4.36 Å². The minimum absolute atomic E-state index is 0.0561. The molecule has 11 nitrogen and oxygen atoms in total. The van der Waals surface area contributed by atoms with Crippen molar-refractivity contribution in [2.75, 3.05) is 13.2 Å². The monoisotopic (exact) mass is 610 g/mol. The molecule has 218 valence electrons. The molecule has 0 bridgehead atoms. The fourth-order valence-electron chi connectivity index (χ4n) is 5.14. The van der Waals surface area contributed by atoms with Gasteiger partial charge < -0.3 is 29.0 Å². The second-order valence-corrected chi connectivity index (χ2v) is 13.8. The van der Waals surface area contributed by atoms with Crippen LogP contribution in [0, 0.1) is 11.6 Å². The molecular weight excluding hydrogens is 586 g/mol. The van der Waals surface area contributed by atoms with E-state index in [1.807, 2.05) is 0 Å². The molecule has 7 rings (SSSR count). The molecule has 0 unspecified atom stereocenters. The molecule has 2 aromatic heterocycles. The average Bonchev–Trinajstić information content (AvgIpc) is 3.85. The fraction of sp³-hybridized carbons (Fsp3) is 0.500. The zero-order valence-electron chi connectivity index (χ0n) is 21.4. The number of nitrogens with zero attached hydrogens (tertiary/aromatic N) is 3. The second kappa shape index (κ2) is 10.1. The van der Waals surface area contributed by atoms with Gasteiger partial charge in [0.2, 0.25) is 5.88 Å². The zero-order chi connectivity index (χ0) is 28.5. The minimum atomic E-state index is -2.72. The molecule has 4 fully saturated rings. The summed E-state index contributed by atoms with van der Waals surface area (Å²) >= 11 is 6.29.